The van der Waals surface area contributed by atoms with E-state index in [1.54, 1.807) is 35.2 Å². The Morgan fingerprint density at radius 3 is 2.30 bits per heavy atom. The SMILES string of the molecule is CCCCOc1ccc(C(=O)N(c2ccc(C(C)C)cc2)[C@@H]2C=CS(=O)(=O)C2)cc1. The molecule has 0 aromatic heterocycles. The van der Waals surface area contributed by atoms with Crippen LogP contribution in [0, 0.1) is 0 Å². The van der Waals surface area contributed by atoms with Crippen LogP contribution in [0.15, 0.2) is 60.0 Å². The molecule has 0 bridgehead atoms. The molecule has 0 spiro atoms. The first-order valence-electron chi connectivity index (χ1n) is 10.4. The summed E-state index contributed by atoms with van der Waals surface area (Å²) < 4.78 is 29.7. The second-order valence-electron chi connectivity index (χ2n) is 7.87. The predicted octanol–water partition coefficient (Wildman–Crippen LogP) is 4.95. The van der Waals surface area contributed by atoms with Gasteiger partial charge in [0.05, 0.1) is 18.4 Å². The monoisotopic (exact) mass is 427 g/mol. The lowest BCUT2D eigenvalue weighted by atomic mass is 10.0. The molecule has 1 aliphatic rings. The summed E-state index contributed by atoms with van der Waals surface area (Å²) in [6.07, 6.45) is 3.62. The van der Waals surface area contributed by atoms with E-state index in [-0.39, 0.29) is 11.7 Å². The molecule has 1 aliphatic heterocycles. The molecule has 160 valence electrons. The van der Waals surface area contributed by atoms with Gasteiger partial charge in [-0.3, -0.25) is 4.79 Å². The standard InChI is InChI=1S/C24H29NO4S/c1-4-5-15-29-23-12-8-20(9-13-23)24(26)25(22-14-16-30(27,28)17-22)21-10-6-19(7-11-21)18(2)3/h6-14,16,18,22H,4-5,15,17H2,1-3H3/t22-/m1/s1. The zero-order chi connectivity index (χ0) is 21.7. The van der Waals surface area contributed by atoms with Crippen LogP contribution in [-0.2, 0) is 9.84 Å². The van der Waals surface area contributed by atoms with E-state index in [9.17, 15) is 13.2 Å². The maximum Gasteiger partial charge on any atom is 0.258 e. The molecule has 0 unspecified atom stereocenters. The van der Waals surface area contributed by atoms with Crippen molar-refractivity contribution in [2.45, 2.75) is 45.6 Å². The van der Waals surface area contributed by atoms with Gasteiger partial charge >= 0.3 is 0 Å². The van der Waals surface area contributed by atoms with Crippen molar-refractivity contribution in [3.63, 3.8) is 0 Å². The Bertz CT molecular complexity index is 993. The number of nitrogens with zero attached hydrogens (tertiary/aromatic N) is 1. The van der Waals surface area contributed by atoms with E-state index in [4.69, 9.17) is 4.74 Å². The topological polar surface area (TPSA) is 63.7 Å². The summed E-state index contributed by atoms with van der Waals surface area (Å²) in [5.41, 5.74) is 2.33. The molecule has 0 saturated heterocycles. The van der Waals surface area contributed by atoms with E-state index >= 15 is 0 Å². The van der Waals surface area contributed by atoms with Crippen molar-refractivity contribution >= 4 is 21.4 Å². The lowest BCUT2D eigenvalue weighted by Gasteiger charge is -2.28. The van der Waals surface area contributed by atoms with Crippen molar-refractivity contribution in [2.24, 2.45) is 0 Å². The minimum absolute atomic E-state index is 0.108. The third-order valence-electron chi connectivity index (χ3n) is 5.17. The number of rotatable bonds is 8. The van der Waals surface area contributed by atoms with Gasteiger partial charge in [0.25, 0.3) is 5.91 Å². The first-order valence-corrected chi connectivity index (χ1v) is 12.1. The molecule has 6 heteroatoms. The molecule has 2 aromatic rings. The molecule has 0 aliphatic carbocycles. The summed E-state index contributed by atoms with van der Waals surface area (Å²) in [5, 5.41) is 1.20. The summed E-state index contributed by atoms with van der Waals surface area (Å²) in [6.45, 7) is 6.95. The lowest BCUT2D eigenvalue weighted by molar-refractivity contribution is 0.0983. The Kier molecular flexibility index (Phi) is 6.98. The number of sulfone groups is 1. The van der Waals surface area contributed by atoms with Gasteiger partial charge in [0.2, 0.25) is 0 Å². The van der Waals surface area contributed by atoms with Crippen LogP contribution in [0.5, 0.6) is 5.75 Å². The van der Waals surface area contributed by atoms with E-state index in [1.165, 1.54) is 5.41 Å². The summed E-state index contributed by atoms with van der Waals surface area (Å²) in [4.78, 5) is 15.0. The number of anilines is 1. The van der Waals surface area contributed by atoms with Crippen LogP contribution >= 0.6 is 0 Å². The molecule has 1 heterocycles. The predicted molar refractivity (Wildman–Crippen MR) is 121 cm³/mol. The maximum absolute atomic E-state index is 13.4. The molecule has 30 heavy (non-hydrogen) atoms. The Balaban J connectivity index is 1.88. The van der Waals surface area contributed by atoms with Gasteiger partial charge in [-0.2, -0.15) is 0 Å². The number of amides is 1. The molecule has 3 rings (SSSR count). The second kappa shape index (κ2) is 9.47. The number of benzene rings is 2. The number of hydrogen-bond donors (Lipinski definition) is 0. The summed E-state index contributed by atoms with van der Waals surface area (Å²) in [7, 11) is -3.30. The quantitative estimate of drug-likeness (QED) is 0.560. The van der Waals surface area contributed by atoms with Gasteiger partial charge in [-0.05, 0) is 60.4 Å². The van der Waals surface area contributed by atoms with Crippen LogP contribution in [0.2, 0.25) is 0 Å². The Morgan fingerprint density at radius 1 is 1.10 bits per heavy atom. The van der Waals surface area contributed by atoms with Crippen LogP contribution in [0.4, 0.5) is 5.69 Å². The Morgan fingerprint density at radius 2 is 1.77 bits per heavy atom. The smallest absolute Gasteiger partial charge is 0.258 e. The van der Waals surface area contributed by atoms with Crippen molar-refractivity contribution in [3.8, 4) is 5.75 Å². The van der Waals surface area contributed by atoms with Crippen molar-refractivity contribution in [2.75, 3.05) is 17.3 Å². The number of hydrogen-bond acceptors (Lipinski definition) is 4. The lowest BCUT2D eigenvalue weighted by Crippen LogP contribution is -2.41. The zero-order valence-corrected chi connectivity index (χ0v) is 18.6. The van der Waals surface area contributed by atoms with E-state index in [1.807, 2.05) is 24.3 Å². The van der Waals surface area contributed by atoms with Gasteiger partial charge in [-0.25, -0.2) is 8.42 Å². The fraction of sp³-hybridized carbons (Fsp3) is 0.375. The second-order valence-corrected chi connectivity index (χ2v) is 9.80. The number of carbonyl (C=O) groups is 1. The summed E-state index contributed by atoms with van der Waals surface area (Å²) in [6, 6.07) is 14.2. The van der Waals surface area contributed by atoms with E-state index in [0.29, 0.717) is 23.8 Å². The summed E-state index contributed by atoms with van der Waals surface area (Å²) >= 11 is 0. The number of ether oxygens (including phenoxy) is 1. The largest absolute Gasteiger partial charge is 0.494 e. The normalized spacial score (nSPS) is 17.3. The van der Waals surface area contributed by atoms with Crippen LogP contribution < -0.4 is 9.64 Å². The molecule has 0 fully saturated rings. The molecule has 1 amide bonds. The van der Waals surface area contributed by atoms with Crippen molar-refractivity contribution < 1.29 is 17.9 Å². The maximum atomic E-state index is 13.4. The third kappa shape index (κ3) is 5.30. The molecule has 2 aromatic carbocycles. The van der Waals surface area contributed by atoms with Crippen LogP contribution in [-0.4, -0.2) is 32.7 Å². The van der Waals surface area contributed by atoms with Crippen molar-refractivity contribution in [3.05, 3.63) is 71.1 Å². The minimum Gasteiger partial charge on any atom is -0.494 e. The Labute approximate surface area is 179 Å². The molecule has 5 nitrogen and oxygen atoms in total. The van der Waals surface area contributed by atoms with E-state index in [2.05, 4.69) is 20.8 Å². The number of carbonyl (C=O) groups excluding carboxylic acids is 1. The first-order chi connectivity index (χ1) is 14.3. The summed E-state index contributed by atoms with van der Waals surface area (Å²) in [5.74, 6) is 0.744. The van der Waals surface area contributed by atoms with Crippen LogP contribution in [0.25, 0.3) is 0 Å². The van der Waals surface area contributed by atoms with Gasteiger partial charge in [-0.15, -0.1) is 0 Å². The highest BCUT2D eigenvalue weighted by Crippen LogP contribution is 2.27. The molecule has 0 radical (unpaired) electrons. The highest BCUT2D eigenvalue weighted by atomic mass is 32.2. The van der Waals surface area contributed by atoms with E-state index < -0.39 is 15.9 Å². The number of unbranched alkanes of at least 4 members (excludes halogenated alkanes) is 1. The van der Waals surface area contributed by atoms with Gasteiger partial charge in [0.15, 0.2) is 9.84 Å². The highest BCUT2D eigenvalue weighted by Gasteiger charge is 2.32. The fourth-order valence-corrected chi connectivity index (χ4v) is 4.63. The van der Waals surface area contributed by atoms with E-state index in [0.717, 1.165) is 24.2 Å². The van der Waals surface area contributed by atoms with Crippen molar-refractivity contribution in [1.82, 2.24) is 0 Å². The molecular formula is C24H29NO4S. The van der Waals surface area contributed by atoms with Gasteiger partial charge in [0, 0.05) is 16.7 Å². The van der Waals surface area contributed by atoms with Crippen LogP contribution in [0.1, 0.15) is 55.5 Å². The fourth-order valence-electron chi connectivity index (χ4n) is 3.37. The van der Waals surface area contributed by atoms with Crippen LogP contribution in [0.3, 0.4) is 0 Å². The van der Waals surface area contributed by atoms with Gasteiger partial charge in [-0.1, -0.05) is 39.3 Å². The van der Waals surface area contributed by atoms with Gasteiger partial charge in [0.1, 0.15) is 5.75 Å². The Hall–Kier alpha value is -2.60. The average Bonchev–Trinajstić information content (AvgIpc) is 3.08. The molecule has 1 atom stereocenters. The average molecular weight is 428 g/mol. The molecule has 0 N–H and O–H groups in total. The highest BCUT2D eigenvalue weighted by molar-refractivity contribution is 7.94. The third-order valence-corrected chi connectivity index (χ3v) is 6.55. The van der Waals surface area contributed by atoms with Crippen molar-refractivity contribution in [1.29, 1.82) is 0 Å². The minimum atomic E-state index is -3.30. The molecule has 0 saturated carbocycles. The van der Waals surface area contributed by atoms with Gasteiger partial charge < -0.3 is 9.64 Å². The molecular weight excluding hydrogens is 398 g/mol. The first kappa shape index (κ1) is 22.1. The zero-order valence-electron chi connectivity index (χ0n) is 17.7.